The molecular formula is C15H16N5O+. The minimum absolute atomic E-state index is 0.419. The van der Waals surface area contributed by atoms with Crippen molar-refractivity contribution in [1.29, 1.82) is 5.26 Å². The van der Waals surface area contributed by atoms with Gasteiger partial charge in [0.25, 0.3) is 0 Å². The number of aromatic nitrogens is 1. The summed E-state index contributed by atoms with van der Waals surface area (Å²) in [6.07, 6.45) is 0. The van der Waals surface area contributed by atoms with Crippen LogP contribution < -0.4 is 21.2 Å². The van der Waals surface area contributed by atoms with Gasteiger partial charge in [-0.2, -0.15) is 16.1 Å². The third-order valence-corrected chi connectivity index (χ3v) is 2.84. The third-order valence-electron chi connectivity index (χ3n) is 2.84. The van der Waals surface area contributed by atoms with Crippen LogP contribution in [0.4, 0.5) is 16.3 Å². The van der Waals surface area contributed by atoms with E-state index >= 15 is 0 Å². The molecule has 2 aromatic rings. The second-order valence-electron chi connectivity index (χ2n) is 4.57. The number of nitrogens with zero attached hydrogens (tertiary/aromatic N) is 1. The molecule has 21 heavy (non-hydrogen) atoms. The lowest BCUT2D eigenvalue weighted by atomic mass is 10.1. The van der Waals surface area contributed by atoms with Gasteiger partial charge in [-0.15, -0.1) is 0 Å². The van der Waals surface area contributed by atoms with Crippen molar-refractivity contribution in [3.63, 3.8) is 0 Å². The number of aromatic amines is 1. The van der Waals surface area contributed by atoms with Gasteiger partial charge >= 0.3 is 11.8 Å². The number of para-hydroxylation sites is 1. The van der Waals surface area contributed by atoms with E-state index in [-0.39, 0.29) is 0 Å². The number of H-pyrrole nitrogens is 1. The molecule has 1 aromatic heterocycles. The number of aryl methyl sites for hydroxylation is 2. The maximum absolute atomic E-state index is 11.8. The molecule has 6 nitrogen and oxygen atoms in total. The van der Waals surface area contributed by atoms with Crippen molar-refractivity contribution in [3.8, 4) is 6.07 Å². The Balaban J connectivity index is 2.03. The zero-order valence-electron chi connectivity index (χ0n) is 11.8. The van der Waals surface area contributed by atoms with Crippen LogP contribution in [0.2, 0.25) is 0 Å². The third kappa shape index (κ3) is 3.70. The molecule has 1 aromatic carbocycles. The normalized spacial score (nSPS) is 9.57. The molecule has 1 heterocycles. The van der Waals surface area contributed by atoms with E-state index in [0.29, 0.717) is 17.1 Å². The van der Waals surface area contributed by atoms with Gasteiger partial charge in [0.05, 0.1) is 5.69 Å². The molecule has 0 aliphatic carbocycles. The minimum Gasteiger partial charge on any atom is -0.305 e. The Morgan fingerprint density at radius 2 is 1.95 bits per heavy atom. The van der Waals surface area contributed by atoms with E-state index < -0.39 is 6.03 Å². The number of hydrogen-bond donors (Lipinski definition) is 3. The Kier molecular flexibility index (Phi) is 4.36. The van der Waals surface area contributed by atoms with Gasteiger partial charge < -0.3 is 5.32 Å². The van der Waals surface area contributed by atoms with Gasteiger partial charge in [0.2, 0.25) is 0 Å². The average Bonchev–Trinajstić information content (AvgIpc) is 2.45. The summed E-state index contributed by atoms with van der Waals surface area (Å²) < 4.78 is 0. The summed E-state index contributed by atoms with van der Waals surface area (Å²) in [5, 5.41) is 11.8. The molecule has 0 saturated carbocycles. The number of urea groups is 1. The molecule has 0 bridgehead atoms. The van der Waals surface area contributed by atoms with E-state index in [2.05, 4.69) is 27.2 Å². The lowest BCUT2D eigenvalue weighted by molar-refractivity contribution is -0.371. The molecule has 0 aliphatic heterocycles. The van der Waals surface area contributed by atoms with E-state index in [9.17, 15) is 4.79 Å². The zero-order valence-corrected chi connectivity index (χ0v) is 11.8. The number of anilines is 2. The van der Waals surface area contributed by atoms with Gasteiger partial charge in [0.1, 0.15) is 11.6 Å². The number of carbonyl (C=O) groups is 1. The van der Waals surface area contributed by atoms with Crippen molar-refractivity contribution >= 4 is 17.5 Å². The van der Waals surface area contributed by atoms with Crippen LogP contribution in [0.15, 0.2) is 36.4 Å². The Bertz CT molecular complexity index is 691. The predicted molar refractivity (Wildman–Crippen MR) is 79.4 cm³/mol. The number of nitriles is 1. The summed E-state index contributed by atoms with van der Waals surface area (Å²) in [6.45, 7) is 3.72. The van der Waals surface area contributed by atoms with Crippen molar-refractivity contribution in [2.45, 2.75) is 13.8 Å². The molecule has 6 heteroatoms. The number of amides is 2. The summed E-state index contributed by atoms with van der Waals surface area (Å²) in [5.74, 6) is 0.457. The topological polar surface area (TPSA) is 91.1 Å². The van der Waals surface area contributed by atoms with Crippen molar-refractivity contribution in [2.75, 3.05) is 10.7 Å². The first-order chi connectivity index (χ1) is 10.1. The van der Waals surface area contributed by atoms with Crippen LogP contribution >= 0.6 is 0 Å². The standard InChI is InChI=1S/C15H15N5O/c1-10-8-11(2)17-14(13(10)9-16)19-20-15(21)18-12-6-4-3-5-7-12/h3-8H,1-2H3,(H,17,19)(H2,18,20,21)/p+1. The van der Waals surface area contributed by atoms with Crippen molar-refractivity contribution in [3.05, 3.63) is 53.2 Å². The molecule has 2 rings (SSSR count). The highest BCUT2D eigenvalue weighted by Gasteiger charge is 2.15. The van der Waals surface area contributed by atoms with E-state index in [4.69, 9.17) is 5.26 Å². The lowest BCUT2D eigenvalue weighted by Crippen LogP contribution is -2.36. The van der Waals surface area contributed by atoms with E-state index in [1.807, 2.05) is 38.1 Å². The number of rotatable bonds is 3. The van der Waals surface area contributed by atoms with Gasteiger partial charge in [-0.05, 0) is 37.6 Å². The fraction of sp³-hybridized carbons (Fsp3) is 0.133. The number of pyridine rings is 1. The van der Waals surface area contributed by atoms with Gasteiger partial charge in [-0.3, -0.25) is 0 Å². The first kappa shape index (κ1) is 14.3. The van der Waals surface area contributed by atoms with Gasteiger partial charge in [-0.1, -0.05) is 18.2 Å². The number of nitrogens with one attached hydrogen (secondary N) is 4. The monoisotopic (exact) mass is 282 g/mol. The van der Waals surface area contributed by atoms with E-state index in [1.54, 1.807) is 12.1 Å². The summed E-state index contributed by atoms with van der Waals surface area (Å²) in [5.41, 5.74) is 8.08. The molecule has 0 fully saturated rings. The summed E-state index contributed by atoms with van der Waals surface area (Å²) >= 11 is 0. The predicted octanol–water partition coefficient (Wildman–Crippen LogP) is 2.14. The second kappa shape index (κ2) is 6.39. The first-order valence-corrected chi connectivity index (χ1v) is 6.42. The van der Waals surface area contributed by atoms with E-state index in [1.165, 1.54) is 0 Å². The van der Waals surface area contributed by atoms with Crippen LogP contribution in [-0.2, 0) is 0 Å². The highest BCUT2D eigenvalue weighted by atomic mass is 16.2. The van der Waals surface area contributed by atoms with Crippen LogP contribution in [0.3, 0.4) is 0 Å². The fourth-order valence-corrected chi connectivity index (χ4v) is 1.93. The molecule has 0 radical (unpaired) electrons. The second-order valence-corrected chi connectivity index (χ2v) is 4.57. The van der Waals surface area contributed by atoms with Crippen LogP contribution in [0.1, 0.15) is 16.8 Å². The molecule has 0 saturated heterocycles. The van der Waals surface area contributed by atoms with Crippen molar-refractivity contribution in [2.24, 2.45) is 0 Å². The van der Waals surface area contributed by atoms with Gasteiger partial charge in [0.15, 0.2) is 0 Å². The Morgan fingerprint density at radius 3 is 2.62 bits per heavy atom. The Hall–Kier alpha value is -3.07. The van der Waals surface area contributed by atoms with Gasteiger partial charge in [-0.25, -0.2) is 9.78 Å². The van der Waals surface area contributed by atoms with E-state index in [0.717, 1.165) is 11.3 Å². The van der Waals surface area contributed by atoms with Crippen LogP contribution in [0.25, 0.3) is 0 Å². The Morgan fingerprint density at radius 1 is 1.24 bits per heavy atom. The summed E-state index contributed by atoms with van der Waals surface area (Å²) in [4.78, 5) is 14.8. The molecule has 0 unspecified atom stereocenters. The summed E-state index contributed by atoms with van der Waals surface area (Å²) in [6, 6.07) is 12.6. The maximum Gasteiger partial charge on any atom is 0.354 e. The van der Waals surface area contributed by atoms with Crippen LogP contribution in [0.5, 0.6) is 0 Å². The quantitative estimate of drug-likeness (QED) is 0.753. The number of benzene rings is 1. The lowest BCUT2D eigenvalue weighted by Gasteiger charge is -2.07. The number of hydrazine groups is 1. The van der Waals surface area contributed by atoms with Gasteiger partial charge in [0, 0.05) is 5.69 Å². The molecule has 4 N–H and O–H groups in total. The largest absolute Gasteiger partial charge is 0.354 e. The zero-order chi connectivity index (χ0) is 15.2. The maximum atomic E-state index is 11.8. The van der Waals surface area contributed by atoms with Crippen molar-refractivity contribution < 1.29 is 9.78 Å². The minimum atomic E-state index is -0.419. The van der Waals surface area contributed by atoms with Crippen molar-refractivity contribution in [1.82, 2.24) is 5.43 Å². The fourth-order valence-electron chi connectivity index (χ4n) is 1.93. The molecule has 2 amide bonds. The molecular weight excluding hydrogens is 266 g/mol. The molecule has 0 atom stereocenters. The molecule has 0 aliphatic rings. The number of carbonyl (C=O) groups excluding carboxylic acids is 1. The van der Waals surface area contributed by atoms with Crippen LogP contribution in [-0.4, -0.2) is 6.03 Å². The first-order valence-electron chi connectivity index (χ1n) is 6.42. The molecule has 106 valence electrons. The highest BCUT2D eigenvalue weighted by molar-refractivity contribution is 5.89. The summed E-state index contributed by atoms with van der Waals surface area (Å²) in [7, 11) is 0. The smallest absolute Gasteiger partial charge is 0.305 e. The van der Waals surface area contributed by atoms with Crippen LogP contribution in [0, 0.1) is 25.2 Å². The Labute approximate surface area is 122 Å². The average molecular weight is 282 g/mol. The number of hydrogen-bond acceptors (Lipinski definition) is 3. The SMILES string of the molecule is Cc1cc(C)c(C#N)c(NNC(=O)Nc2ccccc2)[nH+]1. The highest BCUT2D eigenvalue weighted by Crippen LogP contribution is 2.13. The molecule has 0 spiro atoms.